The molecule has 20 heavy (non-hydrogen) atoms. The number of benzene rings is 2. The van der Waals surface area contributed by atoms with Gasteiger partial charge in [-0.25, -0.2) is 4.39 Å². The maximum absolute atomic E-state index is 13.8. The fourth-order valence-electron chi connectivity index (χ4n) is 2.01. The van der Waals surface area contributed by atoms with E-state index in [0.29, 0.717) is 5.75 Å². The molecule has 0 aliphatic carbocycles. The molecule has 0 heterocycles. The molecule has 1 atom stereocenters. The van der Waals surface area contributed by atoms with Gasteiger partial charge < -0.3 is 10.5 Å². The molecule has 0 aliphatic heterocycles. The molecule has 2 aromatic rings. The van der Waals surface area contributed by atoms with Gasteiger partial charge in [0, 0.05) is 6.04 Å². The standard InChI is InChI=1S/C16H17ClFNO/c1-10-8-12(9-11(2)19)6-7-14(10)20-15-5-3-4-13(17)16(15)18/h3-8,11H,9,19H2,1-2H3. The van der Waals surface area contributed by atoms with Crippen molar-refractivity contribution < 1.29 is 9.13 Å². The highest BCUT2D eigenvalue weighted by Crippen LogP contribution is 2.30. The number of nitrogens with two attached hydrogens (primary N) is 1. The van der Waals surface area contributed by atoms with Gasteiger partial charge in [0.25, 0.3) is 0 Å². The summed E-state index contributed by atoms with van der Waals surface area (Å²) in [6.45, 7) is 3.88. The van der Waals surface area contributed by atoms with Crippen molar-refractivity contribution >= 4 is 11.6 Å². The van der Waals surface area contributed by atoms with Crippen molar-refractivity contribution in [1.29, 1.82) is 0 Å². The van der Waals surface area contributed by atoms with E-state index in [2.05, 4.69) is 0 Å². The fourth-order valence-corrected chi connectivity index (χ4v) is 2.17. The Morgan fingerprint density at radius 1 is 1.25 bits per heavy atom. The molecule has 2 aromatic carbocycles. The van der Waals surface area contributed by atoms with Crippen LogP contribution in [0.1, 0.15) is 18.1 Å². The minimum absolute atomic E-state index is 0.0497. The van der Waals surface area contributed by atoms with Crippen LogP contribution in [-0.2, 0) is 6.42 Å². The highest BCUT2D eigenvalue weighted by molar-refractivity contribution is 6.30. The van der Waals surface area contributed by atoms with E-state index in [1.807, 2.05) is 32.0 Å². The minimum Gasteiger partial charge on any atom is -0.454 e. The first-order chi connectivity index (χ1) is 9.47. The molecule has 2 N–H and O–H groups in total. The third-order valence-electron chi connectivity index (χ3n) is 2.93. The third-order valence-corrected chi connectivity index (χ3v) is 3.23. The largest absolute Gasteiger partial charge is 0.454 e. The molecular formula is C16H17ClFNO. The Hall–Kier alpha value is -1.58. The Morgan fingerprint density at radius 3 is 2.65 bits per heavy atom. The van der Waals surface area contributed by atoms with Gasteiger partial charge in [0.2, 0.25) is 0 Å². The van der Waals surface area contributed by atoms with E-state index in [0.717, 1.165) is 17.5 Å². The topological polar surface area (TPSA) is 35.2 Å². The van der Waals surface area contributed by atoms with Crippen LogP contribution in [0, 0.1) is 12.7 Å². The molecule has 0 saturated heterocycles. The second-order valence-electron chi connectivity index (χ2n) is 4.94. The van der Waals surface area contributed by atoms with Crippen LogP contribution in [0.3, 0.4) is 0 Å². The van der Waals surface area contributed by atoms with E-state index in [-0.39, 0.29) is 16.8 Å². The van der Waals surface area contributed by atoms with Crippen molar-refractivity contribution in [1.82, 2.24) is 0 Å². The lowest BCUT2D eigenvalue weighted by Crippen LogP contribution is -2.17. The van der Waals surface area contributed by atoms with Crippen LogP contribution in [0.4, 0.5) is 4.39 Å². The summed E-state index contributed by atoms with van der Waals surface area (Å²) in [5.74, 6) is 0.188. The SMILES string of the molecule is Cc1cc(CC(C)N)ccc1Oc1cccc(Cl)c1F. The predicted octanol–water partition coefficient (Wildman–Crippen LogP) is 4.47. The maximum atomic E-state index is 13.8. The van der Waals surface area contributed by atoms with Gasteiger partial charge in [-0.1, -0.05) is 29.8 Å². The van der Waals surface area contributed by atoms with Crippen LogP contribution in [0.15, 0.2) is 36.4 Å². The van der Waals surface area contributed by atoms with Gasteiger partial charge in [-0.05, 0) is 49.6 Å². The van der Waals surface area contributed by atoms with E-state index in [9.17, 15) is 4.39 Å². The number of ether oxygens (including phenoxy) is 1. The van der Waals surface area contributed by atoms with E-state index in [4.69, 9.17) is 22.1 Å². The number of rotatable bonds is 4. The molecule has 0 saturated carbocycles. The summed E-state index contributed by atoms with van der Waals surface area (Å²) in [7, 11) is 0. The lowest BCUT2D eigenvalue weighted by atomic mass is 10.0. The molecule has 0 spiro atoms. The van der Waals surface area contributed by atoms with Crippen molar-refractivity contribution in [2.24, 2.45) is 5.73 Å². The molecule has 4 heteroatoms. The molecule has 0 bridgehead atoms. The van der Waals surface area contributed by atoms with Crippen LogP contribution in [-0.4, -0.2) is 6.04 Å². The third kappa shape index (κ3) is 3.50. The lowest BCUT2D eigenvalue weighted by molar-refractivity contribution is 0.439. The zero-order chi connectivity index (χ0) is 14.7. The van der Waals surface area contributed by atoms with Crippen molar-refractivity contribution in [3.05, 3.63) is 58.4 Å². The van der Waals surface area contributed by atoms with Crippen molar-refractivity contribution in [2.45, 2.75) is 26.3 Å². The van der Waals surface area contributed by atoms with Crippen molar-refractivity contribution in [2.75, 3.05) is 0 Å². The summed E-state index contributed by atoms with van der Waals surface area (Å²) in [4.78, 5) is 0. The molecule has 0 fully saturated rings. The highest BCUT2D eigenvalue weighted by Gasteiger charge is 2.10. The normalized spacial score (nSPS) is 12.2. The van der Waals surface area contributed by atoms with Gasteiger partial charge in [-0.15, -0.1) is 0 Å². The van der Waals surface area contributed by atoms with Crippen LogP contribution in [0.25, 0.3) is 0 Å². The zero-order valence-corrected chi connectivity index (χ0v) is 12.2. The van der Waals surface area contributed by atoms with Gasteiger partial charge in [0.15, 0.2) is 11.6 Å². The van der Waals surface area contributed by atoms with Crippen LogP contribution >= 0.6 is 11.6 Å². The summed E-state index contributed by atoms with van der Waals surface area (Å²) in [5.41, 5.74) is 7.85. The average Bonchev–Trinajstić information content (AvgIpc) is 2.37. The minimum atomic E-state index is -0.548. The van der Waals surface area contributed by atoms with Gasteiger partial charge in [-0.3, -0.25) is 0 Å². The first kappa shape index (κ1) is 14.8. The molecular weight excluding hydrogens is 277 g/mol. The summed E-state index contributed by atoms with van der Waals surface area (Å²) in [6, 6.07) is 10.6. The summed E-state index contributed by atoms with van der Waals surface area (Å²) < 4.78 is 19.4. The van der Waals surface area contributed by atoms with E-state index in [1.54, 1.807) is 12.1 Å². The van der Waals surface area contributed by atoms with Gasteiger partial charge >= 0.3 is 0 Å². The van der Waals surface area contributed by atoms with Gasteiger partial charge in [0.1, 0.15) is 5.75 Å². The zero-order valence-electron chi connectivity index (χ0n) is 11.5. The van der Waals surface area contributed by atoms with E-state index in [1.165, 1.54) is 6.07 Å². The van der Waals surface area contributed by atoms with E-state index >= 15 is 0 Å². The fraction of sp³-hybridized carbons (Fsp3) is 0.250. The van der Waals surface area contributed by atoms with Crippen LogP contribution in [0.2, 0.25) is 5.02 Å². The summed E-state index contributed by atoms with van der Waals surface area (Å²) in [6.07, 6.45) is 0.798. The molecule has 0 amide bonds. The number of hydrogen-bond acceptors (Lipinski definition) is 2. The summed E-state index contributed by atoms with van der Waals surface area (Å²) in [5, 5.41) is 0.0497. The van der Waals surface area contributed by atoms with Crippen LogP contribution in [0.5, 0.6) is 11.5 Å². The van der Waals surface area contributed by atoms with Gasteiger partial charge in [0.05, 0.1) is 5.02 Å². The first-order valence-corrected chi connectivity index (χ1v) is 6.82. The first-order valence-electron chi connectivity index (χ1n) is 6.44. The Kier molecular flexibility index (Phi) is 4.63. The Bertz CT molecular complexity index is 613. The predicted molar refractivity (Wildman–Crippen MR) is 80.0 cm³/mol. The molecule has 106 valence electrons. The monoisotopic (exact) mass is 293 g/mol. The number of hydrogen-bond donors (Lipinski definition) is 1. The van der Waals surface area contributed by atoms with Crippen molar-refractivity contribution in [3.63, 3.8) is 0 Å². The quantitative estimate of drug-likeness (QED) is 0.902. The molecule has 2 rings (SSSR count). The second-order valence-corrected chi connectivity index (χ2v) is 5.34. The molecule has 0 radical (unpaired) electrons. The molecule has 0 aromatic heterocycles. The molecule has 2 nitrogen and oxygen atoms in total. The van der Waals surface area contributed by atoms with Crippen molar-refractivity contribution in [3.8, 4) is 11.5 Å². The Labute approximate surface area is 123 Å². The number of halogens is 2. The van der Waals surface area contributed by atoms with E-state index < -0.39 is 5.82 Å². The van der Waals surface area contributed by atoms with Gasteiger partial charge in [-0.2, -0.15) is 0 Å². The summed E-state index contributed by atoms with van der Waals surface area (Å²) >= 11 is 5.73. The second kappa shape index (κ2) is 6.25. The highest BCUT2D eigenvalue weighted by atomic mass is 35.5. The average molecular weight is 294 g/mol. The Morgan fingerprint density at radius 2 is 2.00 bits per heavy atom. The smallest absolute Gasteiger partial charge is 0.184 e. The lowest BCUT2D eigenvalue weighted by Gasteiger charge is -2.12. The Balaban J connectivity index is 2.24. The van der Waals surface area contributed by atoms with Crippen LogP contribution < -0.4 is 10.5 Å². The molecule has 0 aliphatic rings. The maximum Gasteiger partial charge on any atom is 0.184 e. The number of aryl methyl sites for hydroxylation is 1. The molecule has 1 unspecified atom stereocenters.